The number of imide groups is 2. The van der Waals surface area contributed by atoms with Crippen LogP contribution < -0.4 is 15.0 Å². The summed E-state index contributed by atoms with van der Waals surface area (Å²) in [6, 6.07) is 7.26. The second kappa shape index (κ2) is 7.76. The Hall–Kier alpha value is -2.65. The van der Waals surface area contributed by atoms with Crippen LogP contribution in [0, 0.1) is 6.92 Å². The van der Waals surface area contributed by atoms with Crippen LogP contribution >= 0.6 is 31.9 Å². The number of benzene rings is 2. The molecule has 1 aliphatic heterocycles. The van der Waals surface area contributed by atoms with Gasteiger partial charge in [0, 0.05) is 4.47 Å². The Kier molecular flexibility index (Phi) is 5.57. The number of nitrogens with one attached hydrogen (secondary N) is 1. The highest BCUT2D eigenvalue weighted by Gasteiger charge is 2.37. The van der Waals surface area contributed by atoms with Gasteiger partial charge in [0.25, 0.3) is 11.8 Å². The van der Waals surface area contributed by atoms with E-state index in [4.69, 9.17) is 4.74 Å². The van der Waals surface area contributed by atoms with Crippen LogP contribution in [0.2, 0.25) is 0 Å². The summed E-state index contributed by atoms with van der Waals surface area (Å²) in [6.07, 6.45) is 1.33. The average molecular weight is 510 g/mol. The van der Waals surface area contributed by atoms with E-state index in [1.54, 1.807) is 25.1 Å². The molecule has 9 heteroatoms. The lowest BCUT2D eigenvalue weighted by molar-refractivity contribution is -0.122. The first-order valence-corrected chi connectivity index (χ1v) is 9.55. The van der Waals surface area contributed by atoms with Crippen molar-refractivity contribution in [2.75, 3.05) is 12.0 Å². The van der Waals surface area contributed by atoms with E-state index in [-0.39, 0.29) is 17.1 Å². The van der Waals surface area contributed by atoms with Crippen LogP contribution in [0.15, 0.2) is 44.9 Å². The Bertz CT molecular complexity index is 1050. The van der Waals surface area contributed by atoms with Crippen molar-refractivity contribution in [1.82, 2.24) is 5.32 Å². The fraction of sp³-hybridized carbons (Fsp3) is 0.105. The first-order chi connectivity index (χ1) is 13.2. The number of ether oxygens (including phenoxy) is 1. The van der Waals surface area contributed by atoms with E-state index in [9.17, 15) is 19.5 Å². The minimum atomic E-state index is -0.818. The molecule has 7 nitrogen and oxygen atoms in total. The molecule has 0 unspecified atom stereocenters. The van der Waals surface area contributed by atoms with Crippen molar-refractivity contribution >= 4 is 61.5 Å². The molecule has 144 valence electrons. The molecule has 2 N–H and O–H groups in total. The largest absolute Gasteiger partial charge is 0.503 e. The zero-order valence-electron chi connectivity index (χ0n) is 14.7. The first-order valence-electron chi connectivity index (χ1n) is 7.97. The van der Waals surface area contributed by atoms with Gasteiger partial charge in [0.2, 0.25) is 0 Å². The van der Waals surface area contributed by atoms with Crippen molar-refractivity contribution in [3.8, 4) is 11.5 Å². The van der Waals surface area contributed by atoms with E-state index in [2.05, 4.69) is 37.2 Å². The van der Waals surface area contributed by atoms with Crippen molar-refractivity contribution in [2.24, 2.45) is 0 Å². The summed E-state index contributed by atoms with van der Waals surface area (Å²) in [5.74, 6) is -1.49. The van der Waals surface area contributed by atoms with Crippen molar-refractivity contribution in [3.05, 3.63) is 56.0 Å². The van der Waals surface area contributed by atoms with E-state index in [1.165, 1.54) is 25.3 Å². The highest BCUT2D eigenvalue weighted by molar-refractivity contribution is 9.10. The topological polar surface area (TPSA) is 95.9 Å². The maximum atomic E-state index is 13.0. The Morgan fingerprint density at radius 3 is 2.50 bits per heavy atom. The lowest BCUT2D eigenvalue weighted by atomic mass is 10.1. The number of nitrogens with zero attached hydrogens (tertiary/aromatic N) is 1. The third-order valence-corrected chi connectivity index (χ3v) is 5.18. The lowest BCUT2D eigenvalue weighted by Gasteiger charge is -2.27. The van der Waals surface area contributed by atoms with Crippen LogP contribution in [-0.4, -0.2) is 30.1 Å². The van der Waals surface area contributed by atoms with E-state index in [0.717, 1.165) is 9.37 Å². The van der Waals surface area contributed by atoms with Gasteiger partial charge in [-0.25, -0.2) is 9.69 Å². The zero-order valence-corrected chi connectivity index (χ0v) is 17.9. The van der Waals surface area contributed by atoms with E-state index in [0.29, 0.717) is 21.3 Å². The minimum Gasteiger partial charge on any atom is -0.503 e. The van der Waals surface area contributed by atoms with Crippen molar-refractivity contribution in [1.29, 1.82) is 0 Å². The van der Waals surface area contributed by atoms with E-state index >= 15 is 0 Å². The smallest absolute Gasteiger partial charge is 0.335 e. The number of anilines is 1. The molecule has 28 heavy (non-hydrogen) atoms. The molecule has 4 amide bonds. The number of aryl methyl sites for hydroxylation is 1. The minimum absolute atomic E-state index is 0.105. The molecular formula is C19H14Br2N2O5. The molecule has 2 aromatic rings. The molecule has 1 fully saturated rings. The number of carbonyl (C=O) groups is 3. The van der Waals surface area contributed by atoms with Crippen LogP contribution in [0.4, 0.5) is 10.5 Å². The molecule has 0 radical (unpaired) electrons. The molecule has 1 heterocycles. The van der Waals surface area contributed by atoms with Crippen LogP contribution in [0.3, 0.4) is 0 Å². The van der Waals surface area contributed by atoms with E-state index < -0.39 is 17.8 Å². The number of phenols is 1. The molecule has 0 aromatic heterocycles. The van der Waals surface area contributed by atoms with Crippen molar-refractivity contribution < 1.29 is 24.2 Å². The summed E-state index contributed by atoms with van der Waals surface area (Å²) in [6.45, 7) is 1.75. The summed E-state index contributed by atoms with van der Waals surface area (Å²) < 4.78 is 6.21. The predicted octanol–water partition coefficient (Wildman–Crippen LogP) is 3.90. The van der Waals surface area contributed by atoms with Crippen LogP contribution in [-0.2, 0) is 9.59 Å². The van der Waals surface area contributed by atoms with Crippen LogP contribution in [0.5, 0.6) is 11.5 Å². The van der Waals surface area contributed by atoms with Gasteiger partial charge in [-0.1, -0.05) is 15.9 Å². The zero-order chi connectivity index (χ0) is 20.6. The van der Waals surface area contributed by atoms with Crippen LogP contribution in [0.1, 0.15) is 11.1 Å². The fourth-order valence-corrected chi connectivity index (χ4v) is 3.68. The van der Waals surface area contributed by atoms with Crippen LogP contribution in [0.25, 0.3) is 6.08 Å². The number of barbiturate groups is 1. The number of rotatable bonds is 3. The van der Waals surface area contributed by atoms with Gasteiger partial charge in [0.05, 0.1) is 17.3 Å². The summed E-state index contributed by atoms with van der Waals surface area (Å²) in [4.78, 5) is 38.5. The molecule has 3 rings (SSSR count). The molecule has 0 spiro atoms. The van der Waals surface area contributed by atoms with E-state index in [1.807, 2.05) is 0 Å². The van der Waals surface area contributed by atoms with Gasteiger partial charge in [-0.3, -0.25) is 14.9 Å². The maximum absolute atomic E-state index is 13.0. The van der Waals surface area contributed by atoms with Gasteiger partial charge < -0.3 is 9.84 Å². The number of urea groups is 1. The van der Waals surface area contributed by atoms with Gasteiger partial charge in [-0.15, -0.1) is 0 Å². The van der Waals surface area contributed by atoms with Gasteiger partial charge >= 0.3 is 6.03 Å². The Morgan fingerprint density at radius 2 is 1.86 bits per heavy atom. The third kappa shape index (κ3) is 3.67. The second-order valence-electron chi connectivity index (χ2n) is 5.94. The molecule has 0 bridgehead atoms. The molecule has 1 saturated heterocycles. The fourth-order valence-electron chi connectivity index (χ4n) is 2.75. The summed E-state index contributed by atoms with van der Waals surface area (Å²) in [7, 11) is 1.38. The molecule has 2 aromatic carbocycles. The van der Waals surface area contributed by atoms with Crippen molar-refractivity contribution in [2.45, 2.75) is 6.92 Å². The van der Waals surface area contributed by atoms with Gasteiger partial charge in [-0.05, 0) is 70.4 Å². The second-order valence-corrected chi connectivity index (χ2v) is 7.71. The standard InChI is InChI=1S/C19H14Br2N2O5/c1-9-5-11(20)3-4-14(9)23-18(26)12(17(25)22-19(23)27)6-10-7-13(21)16(24)15(8-10)28-2/h3-8,24H,1-2H3,(H,22,25,27)/b12-6-. The molecule has 0 saturated carbocycles. The average Bonchev–Trinajstić information content (AvgIpc) is 2.63. The Morgan fingerprint density at radius 1 is 1.14 bits per heavy atom. The molecule has 1 aliphatic rings. The highest BCUT2D eigenvalue weighted by Crippen LogP contribution is 2.36. The summed E-state index contributed by atoms with van der Waals surface area (Å²) >= 11 is 6.53. The van der Waals surface area contributed by atoms with Gasteiger partial charge in [0.15, 0.2) is 11.5 Å². The monoisotopic (exact) mass is 508 g/mol. The number of hydrogen-bond donors (Lipinski definition) is 2. The SMILES string of the molecule is COc1cc(/C=C2/C(=O)NC(=O)N(c3ccc(Br)cc3C)C2=O)cc(Br)c1O. The van der Waals surface area contributed by atoms with Gasteiger partial charge in [-0.2, -0.15) is 0 Å². The first kappa shape index (κ1) is 20.1. The third-order valence-electron chi connectivity index (χ3n) is 4.08. The highest BCUT2D eigenvalue weighted by atomic mass is 79.9. The number of amides is 4. The Balaban J connectivity index is 2.08. The van der Waals surface area contributed by atoms with Crippen molar-refractivity contribution in [3.63, 3.8) is 0 Å². The van der Waals surface area contributed by atoms with Gasteiger partial charge in [0.1, 0.15) is 5.57 Å². The normalized spacial score (nSPS) is 15.8. The lowest BCUT2D eigenvalue weighted by Crippen LogP contribution is -2.54. The molecule has 0 atom stereocenters. The number of phenolic OH excluding ortho intramolecular Hbond substituents is 1. The predicted molar refractivity (Wildman–Crippen MR) is 110 cm³/mol. The number of aromatic hydroxyl groups is 1. The number of carbonyl (C=O) groups excluding carboxylic acids is 3. The quantitative estimate of drug-likeness (QED) is 0.483. The maximum Gasteiger partial charge on any atom is 0.335 e. The Labute approximate surface area is 177 Å². The summed E-state index contributed by atoms with van der Waals surface area (Å²) in [5, 5.41) is 12.1. The molecular weight excluding hydrogens is 496 g/mol. The number of hydrogen-bond acceptors (Lipinski definition) is 5. The molecule has 0 aliphatic carbocycles. The number of halogens is 2. The number of methoxy groups -OCH3 is 1. The summed E-state index contributed by atoms with van der Waals surface area (Å²) in [5.41, 5.74) is 1.26.